The number of aliphatic carboxylic acids is 1. The number of carbonyl (C=O) groups is 1. The molecule has 0 saturated heterocycles. The molecule has 0 saturated carbocycles. The van der Waals surface area contributed by atoms with Gasteiger partial charge in [-0.1, -0.05) is 0 Å². The molecular formula is C24H28N12O8. The maximum absolute atomic E-state index is 11.9. The third-order valence-corrected chi connectivity index (χ3v) is 6.81. The summed E-state index contributed by atoms with van der Waals surface area (Å²) in [4.78, 5) is 93.7. The summed E-state index contributed by atoms with van der Waals surface area (Å²) in [7, 11) is 10.8. The largest absolute Gasteiger partial charge is 0.480 e. The first-order chi connectivity index (χ1) is 20.6. The van der Waals surface area contributed by atoms with Crippen molar-refractivity contribution >= 4 is 39.5 Å². The Kier molecular flexibility index (Phi) is 7.93. The lowest BCUT2D eigenvalue weighted by molar-refractivity contribution is -0.137. The van der Waals surface area contributed by atoms with Gasteiger partial charge in [0, 0.05) is 49.3 Å². The van der Waals surface area contributed by atoms with E-state index in [0.29, 0.717) is 22.3 Å². The number of aromatic nitrogens is 12. The average molecular weight is 613 g/mol. The molecule has 0 fully saturated rings. The normalized spacial score (nSPS) is 11.0. The summed E-state index contributed by atoms with van der Waals surface area (Å²) in [6.07, 6.45) is 4.25. The average Bonchev–Trinajstić information content (AvgIpc) is 3.69. The number of H-pyrrole nitrogens is 1. The molecule has 0 radical (unpaired) electrons. The van der Waals surface area contributed by atoms with Gasteiger partial charge in [-0.05, 0) is 0 Å². The highest BCUT2D eigenvalue weighted by Gasteiger charge is 2.15. The molecule has 44 heavy (non-hydrogen) atoms. The van der Waals surface area contributed by atoms with Gasteiger partial charge in [-0.15, -0.1) is 0 Å². The number of fused-ring (bicyclic) bond motifs is 3. The van der Waals surface area contributed by atoms with Crippen molar-refractivity contribution in [3.05, 3.63) is 81.5 Å². The summed E-state index contributed by atoms with van der Waals surface area (Å²) >= 11 is 0. The van der Waals surface area contributed by atoms with Gasteiger partial charge >= 0.3 is 23.0 Å². The fourth-order valence-electron chi connectivity index (χ4n) is 4.40. The quantitative estimate of drug-likeness (QED) is 0.194. The first kappa shape index (κ1) is 30.9. The molecule has 0 unspecified atom stereocenters. The minimum absolute atomic E-state index is 0.108. The summed E-state index contributed by atoms with van der Waals surface area (Å²) in [6.45, 7) is -0.371. The van der Waals surface area contributed by atoms with Crippen molar-refractivity contribution in [2.75, 3.05) is 0 Å². The van der Waals surface area contributed by atoms with Gasteiger partial charge in [-0.2, -0.15) is 0 Å². The van der Waals surface area contributed by atoms with Crippen molar-refractivity contribution in [3.63, 3.8) is 0 Å². The van der Waals surface area contributed by atoms with Crippen molar-refractivity contribution in [1.82, 2.24) is 56.5 Å². The predicted octanol–water partition coefficient (Wildman–Crippen LogP) is -3.55. The van der Waals surface area contributed by atoms with Crippen LogP contribution in [0.3, 0.4) is 0 Å². The molecule has 0 spiro atoms. The number of nitrogens with one attached hydrogen (secondary N) is 1. The number of imidazole rings is 3. The number of rotatable bonds is 2. The second kappa shape index (κ2) is 11.3. The van der Waals surface area contributed by atoms with E-state index in [1.165, 1.54) is 58.4 Å². The van der Waals surface area contributed by atoms with Crippen LogP contribution in [-0.4, -0.2) is 67.5 Å². The molecule has 0 aliphatic carbocycles. The molecule has 6 aromatic rings. The summed E-state index contributed by atoms with van der Waals surface area (Å²) < 4.78 is 10.2. The lowest BCUT2D eigenvalue weighted by atomic mass is 10.5. The van der Waals surface area contributed by atoms with Crippen molar-refractivity contribution in [3.8, 4) is 0 Å². The minimum Gasteiger partial charge on any atom is -0.480 e. The van der Waals surface area contributed by atoms with Gasteiger partial charge in [0.05, 0.1) is 19.0 Å². The summed E-state index contributed by atoms with van der Waals surface area (Å²) in [5.41, 5.74) is -0.631. The standard InChI is InChI=1S/C9H10N4O4.C8H10N4O2.C7H8N4O2/c1-11-7-6(8(16)12(2)9(11)17)13(4-10-7)3-5(14)15;1-10-4-9-6-5(10)7(13)12(3)8(14)11(6)2;1-10-3-8-5-4(10)6(12)9-7(13)11(5)2/h4H,3H2,1-2H3,(H,14,15);4H,1-3H3;3H,1-2H3,(H,9,12,13). The molecule has 0 atom stereocenters. The Hall–Kier alpha value is -6.08. The number of hydrogen-bond acceptors (Lipinski definition) is 10. The Balaban J connectivity index is 0.000000152. The number of aromatic amines is 1. The molecule has 20 nitrogen and oxygen atoms in total. The smallest absolute Gasteiger partial charge is 0.332 e. The maximum Gasteiger partial charge on any atom is 0.332 e. The molecule has 6 rings (SSSR count). The maximum atomic E-state index is 11.9. The zero-order chi connectivity index (χ0) is 32.8. The van der Waals surface area contributed by atoms with E-state index < -0.39 is 28.5 Å². The molecule has 0 aliphatic heterocycles. The molecule has 20 heteroatoms. The lowest BCUT2D eigenvalue weighted by Gasteiger charge is -2.04. The predicted molar refractivity (Wildman–Crippen MR) is 156 cm³/mol. The van der Waals surface area contributed by atoms with Crippen LogP contribution < -0.4 is 33.7 Å². The van der Waals surface area contributed by atoms with Crippen molar-refractivity contribution in [2.24, 2.45) is 49.3 Å². The Morgan fingerprint density at radius 2 is 1.07 bits per heavy atom. The summed E-state index contributed by atoms with van der Waals surface area (Å²) in [5, 5.41) is 8.70. The van der Waals surface area contributed by atoms with Crippen LogP contribution >= 0.6 is 0 Å². The fraction of sp³-hybridized carbons (Fsp3) is 0.333. The van der Waals surface area contributed by atoms with E-state index in [4.69, 9.17) is 5.11 Å². The molecule has 232 valence electrons. The molecule has 6 aromatic heterocycles. The highest BCUT2D eigenvalue weighted by atomic mass is 16.4. The van der Waals surface area contributed by atoms with Crippen LogP contribution in [0, 0.1) is 0 Å². The van der Waals surface area contributed by atoms with Crippen LogP contribution in [0.1, 0.15) is 0 Å². The molecule has 0 aromatic carbocycles. The van der Waals surface area contributed by atoms with Gasteiger partial charge in [0.25, 0.3) is 16.7 Å². The summed E-state index contributed by atoms with van der Waals surface area (Å²) in [6, 6.07) is 0. The Bertz CT molecular complexity index is 2460. The molecule has 6 heterocycles. The molecule has 2 N–H and O–H groups in total. The third-order valence-electron chi connectivity index (χ3n) is 6.81. The Morgan fingerprint density at radius 1 is 0.636 bits per heavy atom. The SMILES string of the molecule is Cn1c(=O)c2c(ncn2C)n(C)c1=O.Cn1c(=O)c2c(ncn2CC(=O)O)n(C)c1=O.Cn1cnc2c1c(=O)[nH]c(=O)n2C. The second-order valence-corrected chi connectivity index (χ2v) is 9.72. The Morgan fingerprint density at radius 3 is 1.59 bits per heavy atom. The van der Waals surface area contributed by atoms with E-state index in [-0.39, 0.29) is 29.0 Å². The topological polar surface area (TPSA) is 234 Å². The number of hydrogen-bond donors (Lipinski definition) is 2. The highest BCUT2D eigenvalue weighted by Crippen LogP contribution is 2.05. The molecule has 0 aliphatic rings. The van der Waals surface area contributed by atoms with Crippen molar-refractivity contribution in [1.29, 1.82) is 0 Å². The fourth-order valence-corrected chi connectivity index (χ4v) is 4.40. The Labute approximate surface area is 243 Å². The monoisotopic (exact) mass is 612 g/mol. The van der Waals surface area contributed by atoms with Crippen LogP contribution in [0.25, 0.3) is 33.5 Å². The first-order valence-electron chi connectivity index (χ1n) is 12.6. The van der Waals surface area contributed by atoms with Crippen molar-refractivity contribution < 1.29 is 9.90 Å². The molecule has 0 bridgehead atoms. The lowest BCUT2D eigenvalue weighted by Crippen LogP contribution is -2.37. The first-order valence-corrected chi connectivity index (χ1v) is 12.6. The van der Waals surface area contributed by atoms with E-state index in [1.54, 1.807) is 37.3 Å². The number of carboxylic acid groups (broad SMARTS) is 1. The second-order valence-electron chi connectivity index (χ2n) is 9.72. The van der Waals surface area contributed by atoms with Crippen LogP contribution in [0.5, 0.6) is 0 Å². The van der Waals surface area contributed by atoms with Crippen LogP contribution in [0.2, 0.25) is 0 Å². The van der Waals surface area contributed by atoms with E-state index in [1.807, 2.05) is 0 Å². The van der Waals surface area contributed by atoms with E-state index >= 15 is 0 Å². The van der Waals surface area contributed by atoms with Gasteiger partial charge < -0.3 is 18.8 Å². The molecular weight excluding hydrogens is 584 g/mol. The van der Waals surface area contributed by atoms with E-state index in [9.17, 15) is 33.6 Å². The number of carboxylic acids is 1. The number of nitrogens with zero attached hydrogens (tertiary/aromatic N) is 11. The van der Waals surface area contributed by atoms with Gasteiger partial charge in [-0.25, -0.2) is 29.3 Å². The van der Waals surface area contributed by atoms with E-state index in [2.05, 4.69) is 19.9 Å². The van der Waals surface area contributed by atoms with Gasteiger partial charge in [0.2, 0.25) is 0 Å². The van der Waals surface area contributed by atoms with Crippen LogP contribution in [-0.2, 0) is 60.7 Å². The number of aryl methyl sites for hydroxylation is 5. The van der Waals surface area contributed by atoms with Crippen LogP contribution in [0.4, 0.5) is 0 Å². The zero-order valence-corrected chi connectivity index (χ0v) is 24.7. The molecule has 0 amide bonds. The van der Waals surface area contributed by atoms with Gasteiger partial charge in [0.15, 0.2) is 33.5 Å². The minimum atomic E-state index is -1.08. The van der Waals surface area contributed by atoms with Crippen molar-refractivity contribution in [2.45, 2.75) is 6.54 Å². The van der Waals surface area contributed by atoms with Gasteiger partial charge in [-0.3, -0.25) is 47.0 Å². The summed E-state index contributed by atoms with van der Waals surface area (Å²) in [5.74, 6) is -1.08. The van der Waals surface area contributed by atoms with Crippen LogP contribution in [0.15, 0.2) is 47.7 Å². The highest BCUT2D eigenvalue weighted by molar-refractivity contribution is 5.74. The third kappa shape index (κ3) is 5.07. The van der Waals surface area contributed by atoms with Gasteiger partial charge in [0.1, 0.15) is 6.54 Å². The zero-order valence-electron chi connectivity index (χ0n) is 24.7. The van der Waals surface area contributed by atoms with E-state index in [0.717, 1.165) is 9.13 Å².